The minimum atomic E-state index is -0.605. The highest BCUT2D eigenvalue weighted by Gasteiger charge is 2.16. The summed E-state index contributed by atoms with van der Waals surface area (Å²) in [6, 6.07) is 5.37. The summed E-state index contributed by atoms with van der Waals surface area (Å²) in [7, 11) is 2.66. The van der Waals surface area contributed by atoms with Gasteiger partial charge in [-0.05, 0) is 12.1 Å². The van der Waals surface area contributed by atoms with Crippen molar-refractivity contribution in [1.82, 2.24) is 5.16 Å². The monoisotopic (exact) mass is 251 g/mol. The fourth-order valence-corrected chi connectivity index (χ4v) is 1.47. The first-order valence-corrected chi connectivity index (χ1v) is 5.04. The molecule has 0 aliphatic carbocycles. The molecule has 0 radical (unpaired) electrons. The Morgan fingerprint density at radius 3 is 2.78 bits per heavy atom. The molecule has 0 unspecified atom stereocenters. The number of hydrogen-bond acceptors (Lipinski definition) is 5. The fraction of sp³-hybridized carbons (Fsp3) is 0.167. The lowest BCUT2D eigenvalue weighted by atomic mass is 10.1. The molecular weight excluding hydrogens is 241 g/mol. The molecule has 5 nitrogen and oxygen atoms in total. The maximum atomic E-state index is 13.0. The van der Waals surface area contributed by atoms with Crippen LogP contribution < -0.4 is 4.74 Å². The van der Waals surface area contributed by atoms with Crippen LogP contribution in [0.2, 0.25) is 0 Å². The summed E-state index contributed by atoms with van der Waals surface area (Å²) in [6.45, 7) is 0. The molecule has 6 heteroatoms. The van der Waals surface area contributed by atoms with E-state index in [9.17, 15) is 9.18 Å². The molecular formula is C12H10FNO4. The molecule has 1 aromatic carbocycles. The number of benzene rings is 1. The number of methoxy groups -OCH3 is 2. The van der Waals surface area contributed by atoms with Crippen LogP contribution in [0.3, 0.4) is 0 Å². The van der Waals surface area contributed by atoms with Gasteiger partial charge in [-0.2, -0.15) is 0 Å². The molecule has 0 aliphatic rings. The Balaban J connectivity index is 2.42. The van der Waals surface area contributed by atoms with Crippen molar-refractivity contribution in [3.8, 4) is 17.1 Å². The van der Waals surface area contributed by atoms with Crippen molar-refractivity contribution in [2.24, 2.45) is 0 Å². The van der Waals surface area contributed by atoms with Crippen LogP contribution in [0.4, 0.5) is 4.39 Å². The molecule has 0 amide bonds. The van der Waals surface area contributed by atoms with Gasteiger partial charge in [0.15, 0.2) is 11.5 Å². The molecule has 18 heavy (non-hydrogen) atoms. The topological polar surface area (TPSA) is 61.6 Å². The highest BCUT2D eigenvalue weighted by molar-refractivity contribution is 5.88. The van der Waals surface area contributed by atoms with E-state index in [0.717, 1.165) is 0 Å². The zero-order valence-corrected chi connectivity index (χ0v) is 9.77. The largest absolute Gasteiger partial charge is 0.496 e. The molecule has 0 saturated carbocycles. The SMILES string of the molecule is COC(=O)c1cc(-c2ccc(F)cc2OC)on1. The van der Waals surface area contributed by atoms with Gasteiger partial charge in [-0.3, -0.25) is 0 Å². The quantitative estimate of drug-likeness (QED) is 0.783. The summed E-state index contributed by atoms with van der Waals surface area (Å²) in [5.74, 6) is -0.441. The number of carbonyl (C=O) groups excluding carboxylic acids is 1. The third-order valence-corrected chi connectivity index (χ3v) is 2.33. The average molecular weight is 251 g/mol. The van der Waals surface area contributed by atoms with Gasteiger partial charge in [-0.1, -0.05) is 5.16 Å². The fourth-order valence-electron chi connectivity index (χ4n) is 1.47. The first kappa shape index (κ1) is 12.1. The smallest absolute Gasteiger partial charge is 0.360 e. The second kappa shape index (κ2) is 4.87. The molecule has 0 saturated heterocycles. The normalized spacial score (nSPS) is 10.2. The van der Waals surface area contributed by atoms with Crippen molar-refractivity contribution in [2.45, 2.75) is 0 Å². The van der Waals surface area contributed by atoms with Gasteiger partial charge in [0, 0.05) is 12.1 Å². The number of halogens is 1. The Labute approximate surface area is 102 Å². The van der Waals surface area contributed by atoms with Crippen molar-refractivity contribution in [2.75, 3.05) is 14.2 Å². The molecule has 0 bridgehead atoms. The highest BCUT2D eigenvalue weighted by atomic mass is 19.1. The number of hydrogen-bond donors (Lipinski definition) is 0. The van der Waals surface area contributed by atoms with E-state index < -0.39 is 11.8 Å². The van der Waals surface area contributed by atoms with Crippen molar-refractivity contribution < 1.29 is 23.2 Å². The molecule has 0 fully saturated rings. The number of carbonyl (C=O) groups is 1. The third kappa shape index (κ3) is 2.17. The van der Waals surface area contributed by atoms with E-state index in [0.29, 0.717) is 17.1 Å². The first-order valence-electron chi connectivity index (χ1n) is 5.04. The Bertz CT molecular complexity index is 579. The highest BCUT2D eigenvalue weighted by Crippen LogP contribution is 2.31. The Hall–Kier alpha value is -2.37. The van der Waals surface area contributed by atoms with Crippen molar-refractivity contribution in [3.05, 3.63) is 35.8 Å². The van der Waals surface area contributed by atoms with E-state index in [1.54, 1.807) is 0 Å². The van der Waals surface area contributed by atoms with Crippen LogP contribution in [0.25, 0.3) is 11.3 Å². The molecule has 0 N–H and O–H groups in total. The second-order valence-electron chi connectivity index (χ2n) is 3.41. The Kier molecular flexibility index (Phi) is 3.27. The lowest BCUT2D eigenvalue weighted by Gasteiger charge is -2.04. The van der Waals surface area contributed by atoms with Gasteiger partial charge >= 0.3 is 5.97 Å². The number of ether oxygens (including phenoxy) is 2. The van der Waals surface area contributed by atoms with Gasteiger partial charge in [0.25, 0.3) is 0 Å². The second-order valence-corrected chi connectivity index (χ2v) is 3.41. The van der Waals surface area contributed by atoms with Crippen LogP contribution in [0, 0.1) is 5.82 Å². The molecule has 0 aliphatic heterocycles. The van der Waals surface area contributed by atoms with Gasteiger partial charge in [0.05, 0.1) is 19.8 Å². The maximum Gasteiger partial charge on any atom is 0.360 e. The number of esters is 1. The van der Waals surface area contributed by atoms with Gasteiger partial charge in [-0.25, -0.2) is 9.18 Å². The van der Waals surface area contributed by atoms with Gasteiger partial charge in [-0.15, -0.1) is 0 Å². The zero-order valence-electron chi connectivity index (χ0n) is 9.77. The van der Waals surface area contributed by atoms with Gasteiger partial charge < -0.3 is 14.0 Å². The third-order valence-electron chi connectivity index (χ3n) is 2.33. The standard InChI is InChI=1S/C12H10FNO4/c1-16-10-5-7(13)3-4-8(10)11-6-9(14-18-11)12(15)17-2/h3-6H,1-2H3. The van der Waals surface area contributed by atoms with E-state index in [4.69, 9.17) is 9.26 Å². The van der Waals surface area contributed by atoms with Crippen LogP contribution in [-0.4, -0.2) is 25.3 Å². The summed E-state index contributed by atoms with van der Waals surface area (Å²) in [5, 5.41) is 3.56. The van der Waals surface area contributed by atoms with E-state index in [1.807, 2.05) is 0 Å². The zero-order chi connectivity index (χ0) is 13.1. The van der Waals surface area contributed by atoms with Gasteiger partial charge in [0.1, 0.15) is 11.6 Å². The number of rotatable bonds is 3. The van der Waals surface area contributed by atoms with E-state index in [-0.39, 0.29) is 5.69 Å². The van der Waals surface area contributed by atoms with Gasteiger partial charge in [0.2, 0.25) is 0 Å². The van der Waals surface area contributed by atoms with Crippen LogP contribution in [0.5, 0.6) is 5.75 Å². The molecule has 2 rings (SSSR count). The number of aromatic nitrogens is 1. The van der Waals surface area contributed by atoms with Crippen molar-refractivity contribution in [3.63, 3.8) is 0 Å². The molecule has 2 aromatic rings. The minimum absolute atomic E-state index is 0.0406. The molecule has 1 aromatic heterocycles. The predicted molar refractivity (Wildman–Crippen MR) is 59.8 cm³/mol. The summed E-state index contributed by atoms with van der Waals surface area (Å²) in [4.78, 5) is 11.2. The Morgan fingerprint density at radius 2 is 2.11 bits per heavy atom. The molecule has 1 heterocycles. The molecule has 94 valence electrons. The summed E-state index contributed by atoms with van der Waals surface area (Å²) < 4.78 is 27.6. The van der Waals surface area contributed by atoms with Crippen molar-refractivity contribution >= 4 is 5.97 Å². The van der Waals surface area contributed by atoms with E-state index >= 15 is 0 Å². The first-order chi connectivity index (χ1) is 8.65. The summed E-state index contributed by atoms with van der Waals surface area (Å²) >= 11 is 0. The van der Waals surface area contributed by atoms with Crippen LogP contribution in [0.15, 0.2) is 28.8 Å². The molecule has 0 atom stereocenters. The maximum absolute atomic E-state index is 13.0. The minimum Gasteiger partial charge on any atom is -0.496 e. The lowest BCUT2D eigenvalue weighted by molar-refractivity contribution is 0.0589. The number of nitrogens with zero attached hydrogens (tertiary/aromatic N) is 1. The van der Waals surface area contributed by atoms with E-state index in [2.05, 4.69) is 9.89 Å². The van der Waals surface area contributed by atoms with Crippen LogP contribution in [0.1, 0.15) is 10.5 Å². The molecule has 0 spiro atoms. The van der Waals surface area contributed by atoms with Crippen LogP contribution >= 0.6 is 0 Å². The average Bonchev–Trinajstić information content (AvgIpc) is 2.87. The summed E-state index contributed by atoms with van der Waals surface area (Å²) in [5.41, 5.74) is 0.542. The lowest BCUT2D eigenvalue weighted by Crippen LogP contribution is -2.00. The van der Waals surface area contributed by atoms with E-state index in [1.165, 1.54) is 38.5 Å². The Morgan fingerprint density at radius 1 is 1.33 bits per heavy atom. The van der Waals surface area contributed by atoms with Crippen molar-refractivity contribution in [1.29, 1.82) is 0 Å². The van der Waals surface area contributed by atoms with Crippen LogP contribution in [-0.2, 0) is 4.74 Å². The predicted octanol–water partition coefficient (Wildman–Crippen LogP) is 2.28. The summed E-state index contributed by atoms with van der Waals surface area (Å²) in [6.07, 6.45) is 0.